The Hall–Kier alpha value is -0.910. The molecule has 0 radical (unpaired) electrons. The van der Waals surface area contributed by atoms with Crippen LogP contribution >= 0.6 is 10.9 Å². The van der Waals surface area contributed by atoms with Crippen molar-refractivity contribution in [2.45, 2.75) is 0 Å². The van der Waals surface area contributed by atoms with Gasteiger partial charge < -0.3 is 9.29 Å². The molecule has 1 aromatic carbocycles. The van der Waals surface area contributed by atoms with E-state index in [1.54, 1.807) is 0 Å². The van der Waals surface area contributed by atoms with Gasteiger partial charge in [0.2, 0.25) is 0 Å². The molecule has 0 aliphatic carbocycles. The maximum absolute atomic E-state index is 8.89. The summed E-state index contributed by atoms with van der Waals surface area (Å²) in [6.07, 6.45) is 1.18. The fraction of sp³-hybridized carbons (Fsp3) is 0.143. The normalized spacial score (nSPS) is 12.6. The van der Waals surface area contributed by atoms with Crippen molar-refractivity contribution in [2.24, 2.45) is 0 Å². The fourth-order valence-corrected chi connectivity index (χ4v) is 1.16. The molecule has 0 amide bonds. The summed E-state index contributed by atoms with van der Waals surface area (Å²) < 4.78 is 22.5. The van der Waals surface area contributed by atoms with E-state index in [0.717, 1.165) is 0 Å². The van der Waals surface area contributed by atoms with Crippen molar-refractivity contribution in [1.82, 2.24) is 0 Å². The molecular weight excluding hydrogens is 180 g/mol. The van der Waals surface area contributed by atoms with Crippen molar-refractivity contribution in [3.05, 3.63) is 24.3 Å². The lowest BCUT2D eigenvalue weighted by molar-refractivity contribution is 0.389. The van der Waals surface area contributed by atoms with Crippen molar-refractivity contribution in [2.75, 3.05) is 6.26 Å². The highest BCUT2D eigenvalue weighted by atomic mass is 32.3. The van der Waals surface area contributed by atoms with Crippen LogP contribution in [0.15, 0.2) is 24.3 Å². The topological polar surface area (TPSA) is 69.9 Å². The molecule has 12 heavy (non-hydrogen) atoms. The molecule has 0 fully saturated rings. The van der Waals surface area contributed by atoms with Crippen molar-refractivity contribution >= 4 is 10.9 Å². The molecule has 1 aromatic rings. The number of rotatable bonds is 2. The Balaban J connectivity index is 2.71. The summed E-state index contributed by atoms with van der Waals surface area (Å²) in [5, 5.41) is 8.88. The van der Waals surface area contributed by atoms with Gasteiger partial charge in [-0.2, -0.15) is 0 Å². The monoisotopic (exact) mass is 190 g/mol. The summed E-state index contributed by atoms with van der Waals surface area (Å²) in [4.78, 5) is 0. The average Bonchev–Trinajstić information content (AvgIpc) is 1.91. The molecule has 0 aromatic heterocycles. The lowest BCUT2D eigenvalue weighted by atomic mass is 10.3. The smallest absolute Gasteiger partial charge is 0.140 e. The summed E-state index contributed by atoms with van der Waals surface area (Å²) in [5.74, 6) is 0.422. The summed E-state index contributed by atoms with van der Waals surface area (Å²) in [5.41, 5.74) is 0. The maximum atomic E-state index is 8.89. The molecule has 0 unspecified atom stereocenters. The van der Waals surface area contributed by atoms with Gasteiger partial charge in [-0.05, 0) is 24.3 Å². The number of phenols is 1. The van der Waals surface area contributed by atoms with Crippen LogP contribution in [-0.4, -0.2) is 20.5 Å². The van der Waals surface area contributed by atoms with Gasteiger partial charge in [0, 0.05) is 6.26 Å². The highest BCUT2D eigenvalue weighted by molar-refractivity contribution is 8.19. The van der Waals surface area contributed by atoms with Gasteiger partial charge >= 0.3 is 0 Å². The van der Waals surface area contributed by atoms with E-state index in [0.29, 0.717) is 5.75 Å². The standard InChI is InChI=1S/C7H10O4S/c1-12(9,10)11-7-4-2-6(8)3-5-7/h2-5,8-10H,1H3. The molecule has 0 heterocycles. The Morgan fingerprint density at radius 1 is 1.17 bits per heavy atom. The Kier molecular flexibility index (Phi) is 2.46. The fourth-order valence-electron chi connectivity index (χ4n) is 0.684. The molecule has 0 bridgehead atoms. The zero-order valence-corrected chi connectivity index (χ0v) is 7.28. The molecule has 0 saturated heterocycles. The van der Waals surface area contributed by atoms with Crippen LogP contribution in [0.25, 0.3) is 0 Å². The zero-order valence-electron chi connectivity index (χ0n) is 6.47. The third-order valence-electron chi connectivity index (χ3n) is 1.09. The van der Waals surface area contributed by atoms with Gasteiger partial charge in [0.25, 0.3) is 0 Å². The molecule has 0 spiro atoms. The van der Waals surface area contributed by atoms with E-state index in [1.807, 2.05) is 0 Å². The van der Waals surface area contributed by atoms with Gasteiger partial charge in [-0.25, -0.2) is 0 Å². The van der Waals surface area contributed by atoms with E-state index in [-0.39, 0.29) is 5.75 Å². The van der Waals surface area contributed by atoms with Gasteiger partial charge in [-0.3, -0.25) is 9.11 Å². The second kappa shape index (κ2) is 3.22. The van der Waals surface area contributed by atoms with Crippen LogP contribution in [0.5, 0.6) is 11.5 Å². The molecule has 4 nitrogen and oxygen atoms in total. The van der Waals surface area contributed by atoms with Gasteiger partial charge in [0.05, 0.1) is 0 Å². The van der Waals surface area contributed by atoms with Crippen molar-refractivity contribution < 1.29 is 18.4 Å². The molecule has 68 valence electrons. The average molecular weight is 190 g/mol. The number of aromatic hydroxyl groups is 1. The number of hydrogen-bond acceptors (Lipinski definition) is 4. The molecular formula is C7H10O4S. The lowest BCUT2D eigenvalue weighted by Crippen LogP contribution is -2.02. The van der Waals surface area contributed by atoms with E-state index in [2.05, 4.69) is 0 Å². The second-order valence-electron chi connectivity index (χ2n) is 2.34. The minimum atomic E-state index is -2.97. The van der Waals surface area contributed by atoms with Crippen LogP contribution in [0.4, 0.5) is 0 Å². The first-order valence-corrected chi connectivity index (χ1v) is 5.07. The molecule has 0 atom stereocenters. The Morgan fingerprint density at radius 3 is 2.08 bits per heavy atom. The van der Waals surface area contributed by atoms with Crippen LogP contribution in [0, 0.1) is 0 Å². The van der Waals surface area contributed by atoms with Crippen molar-refractivity contribution in [3.8, 4) is 11.5 Å². The molecule has 0 aliphatic rings. The number of phenolic OH excluding ortho intramolecular Hbond substituents is 1. The van der Waals surface area contributed by atoms with E-state index >= 15 is 0 Å². The summed E-state index contributed by atoms with van der Waals surface area (Å²) >= 11 is 0. The minimum Gasteiger partial charge on any atom is -0.508 e. The Morgan fingerprint density at radius 2 is 1.67 bits per heavy atom. The van der Waals surface area contributed by atoms with Crippen LogP contribution in [0.1, 0.15) is 0 Å². The number of hydrogen-bond donors (Lipinski definition) is 3. The molecule has 0 saturated carbocycles. The third kappa shape index (κ3) is 3.00. The summed E-state index contributed by atoms with van der Waals surface area (Å²) in [7, 11) is -2.97. The predicted octanol–water partition coefficient (Wildman–Crippen LogP) is 2.07. The minimum absolute atomic E-state index is 0.106. The third-order valence-corrected chi connectivity index (χ3v) is 1.60. The summed E-state index contributed by atoms with van der Waals surface area (Å²) in [6, 6.07) is 5.71. The molecule has 1 rings (SSSR count). The van der Waals surface area contributed by atoms with Crippen molar-refractivity contribution in [3.63, 3.8) is 0 Å². The largest absolute Gasteiger partial charge is 0.508 e. The Labute approximate surface area is 72.0 Å². The highest BCUT2D eigenvalue weighted by Crippen LogP contribution is 2.36. The first-order chi connectivity index (χ1) is 5.47. The highest BCUT2D eigenvalue weighted by Gasteiger charge is 2.09. The summed E-state index contributed by atoms with van der Waals surface area (Å²) in [6.45, 7) is 0. The van der Waals surface area contributed by atoms with Crippen molar-refractivity contribution in [1.29, 1.82) is 0 Å². The maximum Gasteiger partial charge on any atom is 0.140 e. The quantitative estimate of drug-likeness (QED) is 0.667. The van der Waals surface area contributed by atoms with E-state index in [4.69, 9.17) is 18.4 Å². The van der Waals surface area contributed by atoms with Gasteiger partial charge in [0.1, 0.15) is 22.4 Å². The van der Waals surface area contributed by atoms with Gasteiger partial charge in [-0.15, -0.1) is 0 Å². The molecule has 3 N–H and O–H groups in total. The van der Waals surface area contributed by atoms with Crippen LogP contribution in [-0.2, 0) is 0 Å². The van der Waals surface area contributed by atoms with Gasteiger partial charge in [-0.1, -0.05) is 0 Å². The predicted molar refractivity (Wildman–Crippen MR) is 47.5 cm³/mol. The molecule has 0 aliphatic heterocycles. The second-order valence-corrected chi connectivity index (χ2v) is 4.03. The number of benzene rings is 1. The van der Waals surface area contributed by atoms with Crippen LogP contribution < -0.4 is 4.18 Å². The van der Waals surface area contributed by atoms with Crippen LogP contribution in [0.2, 0.25) is 0 Å². The van der Waals surface area contributed by atoms with E-state index in [1.165, 1.54) is 30.5 Å². The lowest BCUT2D eigenvalue weighted by Gasteiger charge is -2.21. The van der Waals surface area contributed by atoms with E-state index < -0.39 is 10.9 Å². The van der Waals surface area contributed by atoms with Crippen LogP contribution in [0.3, 0.4) is 0 Å². The zero-order chi connectivity index (χ0) is 9.19. The Bertz CT molecular complexity index is 251. The SMILES string of the molecule is CS(O)(O)Oc1ccc(O)cc1. The first kappa shape index (κ1) is 9.18. The first-order valence-electron chi connectivity index (χ1n) is 3.19. The molecule has 5 heteroatoms. The van der Waals surface area contributed by atoms with E-state index in [9.17, 15) is 0 Å². The van der Waals surface area contributed by atoms with Gasteiger partial charge in [0.15, 0.2) is 0 Å².